The molecule has 1 aromatic carbocycles. The summed E-state index contributed by atoms with van der Waals surface area (Å²) in [6, 6.07) is 9.15. The van der Waals surface area contributed by atoms with E-state index in [1.165, 1.54) is 0 Å². The zero-order valence-corrected chi connectivity index (χ0v) is 12.0. The van der Waals surface area contributed by atoms with Crippen LogP contribution < -0.4 is 5.32 Å². The van der Waals surface area contributed by atoms with Gasteiger partial charge in [0.05, 0.1) is 0 Å². The largest absolute Gasteiger partial charge is 0.508 e. The molecular weight excluding hydrogens is 264 g/mol. The Labute approximate surface area is 123 Å². The number of aryl methyl sites for hydroxylation is 1. The molecule has 1 atom stereocenters. The van der Waals surface area contributed by atoms with Crippen LogP contribution in [-0.4, -0.2) is 34.0 Å². The van der Waals surface area contributed by atoms with Crippen LogP contribution in [-0.2, 0) is 0 Å². The molecule has 0 saturated heterocycles. The van der Waals surface area contributed by atoms with Gasteiger partial charge in [-0.05, 0) is 25.5 Å². The number of nitrogens with one attached hydrogen (secondary N) is 1. The molecule has 1 aromatic heterocycles. The fourth-order valence-electron chi connectivity index (χ4n) is 2.49. The first-order chi connectivity index (χ1) is 10.3. The Morgan fingerprint density at radius 1 is 1.24 bits per heavy atom. The van der Waals surface area contributed by atoms with Crippen molar-refractivity contribution in [1.82, 2.24) is 15.3 Å². The van der Waals surface area contributed by atoms with Gasteiger partial charge in [-0.25, -0.2) is 9.97 Å². The predicted octanol–water partition coefficient (Wildman–Crippen LogP) is 2.01. The number of aromatic hydroxyl groups is 1. The molecule has 1 aliphatic heterocycles. The second-order valence-electron chi connectivity index (χ2n) is 5.10. The van der Waals surface area contributed by atoms with Crippen molar-refractivity contribution >= 4 is 5.84 Å². The molecule has 0 amide bonds. The quantitative estimate of drug-likeness (QED) is 0.903. The lowest BCUT2D eigenvalue weighted by Gasteiger charge is -2.23. The van der Waals surface area contributed by atoms with Crippen LogP contribution in [0.2, 0.25) is 0 Å². The number of phenolic OH excluding ortho intramolecular Hbond substituents is 1. The molecule has 0 radical (unpaired) electrons. The van der Waals surface area contributed by atoms with Gasteiger partial charge in [0.25, 0.3) is 0 Å². The lowest BCUT2D eigenvalue weighted by molar-refractivity contribution is 0.467. The van der Waals surface area contributed by atoms with Gasteiger partial charge in [0.15, 0.2) is 0 Å². The van der Waals surface area contributed by atoms with Gasteiger partial charge in [-0.15, -0.1) is 0 Å². The van der Waals surface area contributed by atoms with Crippen LogP contribution in [0.4, 0.5) is 0 Å². The minimum Gasteiger partial charge on any atom is -0.508 e. The van der Waals surface area contributed by atoms with Gasteiger partial charge in [0, 0.05) is 30.5 Å². The zero-order valence-electron chi connectivity index (χ0n) is 12.0. The Hall–Kier alpha value is -2.43. The summed E-state index contributed by atoms with van der Waals surface area (Å²) in [6.45, 7) is 3.61. The second-order valence-corrected chi connectivity index (χ2v) is 5.10. The summed E-state index contributed by atoms with van der Waals surface area (Å²) in [5.41, 5.74) is 1.67. The second kappa shape index (κ2) is 5.91. The number of amidine groups is 1. The van der Waals surface area contributed by atoms with Gasteiger partial charge >= 0.3 is 0 Å². The molecule has 2 aromatic rings. The maximum absolute atomic E-state index is 10.2. The van der Waals surface area contributed by atoms with E-state index in [1.807, 2.05) is 31.2 Å². The molecule has 2 N–H and O–H groups in total. The smallest absolute Gasteiger partial charge is 0.143 e. The molecule has 0 fully saturated rings. The van der Waals surface area contributed by atoms with Crippen molar-refractivity contribution in [3.63, 3.8) is 0 Å². The number of rotatable bonds is 3. The Balaban J connectivity index is 2.11. The van der Waals surface area contributed by atoms with E-state index in [-0.39, 0.29) is 11.7 Å². The molecule has 0 spiro atoms. The molecule has 21 heavy (non-hydrogen) atoms. The van der Waals surface area contributed by atoms with Crippen LogP contribution in [0.5, 0.6) is 5.75 Å². The fraction of sp³-hybridized carbons (Fsp3) is 0.312. The summed E-state index contributed by atoms with van der Waals surface area (Å²) in [6.07, 6.45) is 2.76. The van der Waals surface area contributed by atoms with E-state index in [0.717, 1.165) is 36.6 Å². The van der Waals surface area contributed by atoms with E-state index in [1.54, 1.807) is 12.3 Å². The third-order valence-corrected chi connectivity index (χ3v) is 3.52. The van der Waals surface area contributed by atoms with Crippen molar-refractivity contribution < 1.29 is 5.11 Å². The summed E-state index contributed by atoms with van der Waals surface area (Å²) in [4.78, 5) is 13.5. The van der Waals surface area contributed by atoms with Crippen molar-refractivity contribution in [3.05, 3.63) is 53.6 Å². The molecule has 0 saturated carbocycles. The first kappa shape index (κ1) is 13.5. The van der Waals surface area contributed by atoms with Gasteiger partial charge in [0.2, 0.25) is 0 Å². The molecule has 3 rings (SSSR count). The lowest BCUT2D eigenvalue weighted by Crippen LogP contribution is -2.35. The van der Waals surface area contributed by atoms with Crippen molar-refractivity contribution in [1.29, 1.82) is 0 Å². The molecule has 1 unspecified atom stereocenters. The Morgan fingerprint density at radius 3 is 2.81 bits per heavy atom. The molecular formula is C16H18N4O. The number of nitrogens with zero attached hydrogens (tertiary/aromatic N) is 3. The Morgan fingerprint density at radius 2 is 2.10 bits per heavy atom. The van der Waals surface area contributed by atoms with E-state index < -0.39 is 0 Å². The van der Waals surface area contributed by atoms with Crippen molar-refractivity contribution in [2.45, 2.75) is 19.3 Å². The number of para-hydroxylation sites is 1. The van der Waals surface area contributed by atoms with E-state index in [2.05, 4.69) is 20.3 Å². The molecule has 0 aliphatic carbocycles. The number of benzene rings is 1. The van der Waals surface area contributed by atoms with Crippen molar-refractivity contribution in [2.75, 3.05) is 13.1 Å². The number of hydrogen-bond donors (Lipinski definition) is 2. The topological polar surface area (TPSA) is 70.4 Å². The van der Waals surface area contributed by atoms with E-state index >= 15 is 0 Å². The average molecular weight is 282 g/mol. The van der Waals surface area contributed by atoms with Crippen LogP contribution in [0.1, 0.15) is 29.4 Å². The molecule has 1 aliphatic rings. The highest BCUT2D eigenvalue weighted by Crippen LogP contribution is 2.30. The lowest BCUT2D eigenvalue weighted by atomic mass is 9.95. The highest BCUT2D eigenvalue weighted by atomic mass is 16.3. The zero-order chi connectivity index (χ0) is 14.7. The van der Waals surface area contributed by atoms with Crippen LogP contribution in [0, 0.1) is 6.92 Å². The summed E-state index contributed by atoms with van der Waals surface area (Å²) in [7, 11) is 0. The number of hydrogen-bond acceptors (Lipinski definition) is 5. The van der Waals surface area contributed by atoms with Crippen LogP contribution in [0.3, 0.4) is 0 Å². The standard InChI is InChI=1S/C16H18N4O/c1-11-7-10-19-16(20-11)14(15-17-8-4-9-18-15)12-5-2-3-6-13(12)21/h2-3,5-7,10,14,21H,4,8-9H2,1H3,(H,17,18). The normalized spacial score (nSPS) is 16.0. The fourth-order valence-corrected chi connectivity index (χ4v) is 2.49. The number of phenols is 1. The first-order valence-corrected chi connectivity index (χ1v) is 7.11. The maximum Gasteiger partial charge on any atom is 0.143 e. The van der Waals surface area contributed by atoms with E-state index in [9.17, 15) is 5.11 Å². The van der Waals surface area contributed by atoms with Gasteiger partial charge in [-0.2, -0.15) is 0 Å². The SMILES string of the molecule is Cc1ccnc(C(C2=NCCCN2)c2ccccc2O)n1. The summed E-state index contributed by atoms with van der Waals surface area (Å²) < 4.78 is 0. The van der Waals surface area contributed by atoms with E-state index in [4.69, 9.17) is 0 Å². The predicted molar refractivity (Wildman–Crippen MR) is 81.6 cm³/mol. The third-order valence-electron chi connectivity index (χ3n) is 3.52. The highest BCUT2D eigenvalue weighted by molar-refractivity contribution is 5.92. The van der Waals surface area contributed by atoms with Crippen molar-refractivity contribution in [3.8, 4) is 5.75 Å². The van der Waals surface area contributed by atoms with E-state index in [0.29, 0.717) is 5.82 Å². The minimum absolute atomic E-state index is 0.239. The first-order valence-electron chi connectivity index (χ1n) is 7.11. The third kappa shape index (κ3) is 2.86. The summed E-state index contributed by atoms with van der Waals surface area (Å²) >= 11 is 0. The van der Waals surface area contributed by atoms with Crippen LogP contribution >= 0.6 is 0 Å². The van der Waals surface area contributed by atoms with Crippen LogP contribution in [0.15, 0.2) is 41.5 Å². The monoisotopic (exact) mass is 282 g/mol. The van der Waals surface area contributed by atoms with Gasteiger partial charge in [0.1, 0.15) is 23.3 Å². The average Bonchev–Trinajstić information content (AvgIpc) is 2.51. The minimum atomic E-state index is -0.258. The Bertz CT molecular complexity index is 669. The van der Waals surface area contributed by atoms with Gasteiger partial charge in [-0.3, -0.25) is 4.99 Å². The molecule has 108 valence electrons. The summed E-state index contributed by atoms with van der Waals surface area (Å²) in [5, 5.41) is 13.5. The molecule has 2 heterocycles. The molecule has 0 bridgehead atoms. The maximum atomic E-state index is 10.2. The molecule has 5 nitrogen and oxygen atoms in total. The van der Waals surface area contributed by atoms with Crippen LogP contribution in [0.25, 0.3) is 0 Å². The van der Waals surface area contributed by atoms with Gasteiger partial charge in [-0.1, -0.05) is 18.2 Å². The van der Waals surface area contributed by atoms with Crippen molar-refractivity contribution in [2.24, 2.45) is 4.99 Å². The highest BCUT2D eigenvalue weighted by Gasteiger charge is 2.26. The molecule has 5 heteroatoms. The van der Waals surface area contributed by atoms with Gasteiger partial charge < -0.3 is 10.4 Å². The summed E-state index contributed by atoms with van der Waals surface area (Å²) in [5.74, 6) is 1.46. The number of aliphatic imine (C=N–C) groups is 1. The number of aromatic nitrogens is 2. The Kier molecular flexibility index (Phi) is 3.81.